The highest BCUT2D eigenvalue weighted by molar-refractivity contribution is 4.93. The maximum atomic E-state index is 6.00. The quantitative estimate of drug-likeness (QED) is 0.734. The van der Waals surface area contributed by atoms with Gasteiger partial charge in [-0.2, -0.15) is 0 Å². The molecule has 2 aliphatic rings. The summed E-state index contributed by atoms with van der Waals surface area (Å²) in [7, 11) is 0. The Labute approximate surface area is 87.4 Å². The van der Waals surface area contributed by atoms with Crippen LogP contribution in [-0.2, 0) is 4.74 Å². The van der Waals surface area contributed by atoms with E-state index in [2.05, 4.69) is 19.2 Å². The van der Waals surface area contributed by atoms with Crippen molar-refractivity contribution >= 4 is 0 Å². The molecule has 1 spiro atoms. The van der Waals surface area contributed by atoms with Gasteiger partial charge in [0.25, 0.3) is 0 Å². The van der Waals surface area contributed by atoms with Gasteiger partial charge in [0.1, 0.15) is 0 Å². The Bertz CT molecular complexity index is 185. The van der Waals surface area contributed by atoms with Crippen molar-refractivity contribution in [3.05, 3.63) is 0 Å². The minimum Gasteiger partial charge on any atom is -0.375 e. The van der Waals surface area contributed by atoms with Crippen LogP contribution in [0.2, 0.25) is 0 Å². The lowest BCUT2D eigenvalue weighted by atomic mass is 9.88. The second kappa shape index (κ2) is 4.19. The van der Waals surface area contributed by atoms with Gasteiger partial charge in [-0.1, -0.05) is 26.7 Å². The van der Waals surface area contributed by atoms with Gasteiger partial charge in [0.05, 0.1) is 5.60 Å². The molecule has 1 saturated carbocycles. The topological polar surface area (TPSA) is 21.3 Å². The Balaban J connectivity index is 1.90. The van der Waals surface area contributed by atoms with E-state index in [9.17, 15) is 0 Å². The molecule has 1 unspecified atom stereocenters. The summed E-state index contributed by atoms with van der Waals surface area (Å²) in [5.41, 5.74) is 0.269. The summed E-state index contributed by atoms with van der Waals surface area (Å²) >= 11 is 0. The molecule has 2 fully saturated rings. The van der Waals surface area contributed by atoms with Crippen LogP contribution in [0.25, 0.3) is 0 Å². The van der Waals surface area contributed by atoms with Crippen molar-refractivity contribution in [2.75, 3.05) is 6.61 Å². The molecule has 2 heteroatoms. The van der Waals surface area contributed by atoms with Gasteiger partial charge in [-0.15, -0.1) is 0 Å². The maximum absolute atomic E-state index is 6.00. The summed E-state index contributed by atoms with van der Waals surface area (Å²) in [6.45, 7) is 5.43. The van der Waals surface area contributed by atoms with Crippen LogP contribution < -0.4 is 5.32 Å². The molecule has 2 rings (SSSR count). The second-order valence-electron chi connectivity index (χ2n) is 5.25. The van der Waals surface area contributed by atoms with E-state index in [4.69, 9.17) is 4.74 Å². The van der Waals surface area contributed by atoms with Crippen molar-refractivity contribution in [2.45, 2.75) is 70.1 Å². The lowest BCUT2D eigenvalue weighted by molar-refractivity contribution is -0.0843. The average Bonchev–Trinajstić information content (AvgIpc) is 2.52. The summed E-state index contributed by atoms with van der Waals surface area (Å²) in [6, 6.07) is 1.30. The van der Waals surface area contributed by atoms with Gasteiger partial charge in [-0.25, -0.2) is 0 Å². The molecule has 1 N–H and O–H groups in total. The third-order valence-electron chi connectivity index (χ3n) is 3.58. The van der Waals surface area contributed by atoms with E-state index in [0.717, 1.165) is 6.61 Å². The van der Waals surface area contributed by atoms with Crippen LogP contribution in [0.1, 0.15) is 52.4 Å². The predicted molar refractivity (Wildman–Crippen MR) is 58.4 cm³/mol. The molecule has 1 atom stereocenters. The molecule has 82 valence electrons. The van der Waals surface area contributed by atoms with Gasteiger partial charge < -0.3 is 10.1 Å². The molecule has 1 aliphatic carbocycles. The summed E-state index contributed by atoms with van der Waals surface area (Å²) in [5, 5.41) is 3.65. The molecule has 0 radical (unpaired) electrons. The molecule has 2 nitrogen and oxygen atoms in total. The third kappa shape index (κ3) is 2.29. The van der Waals surface area contributed by atoms with Crippen LogP contribution >= 0.6 is 0 Å². The van der Waals surface area contributed by atoms with Crippen molar-refractivity contribution in [3.8, 4) is 0 Å². The van der Waals surface area contributed by atoms with E-state index in [1.54, 1.807) is 0 Å². The monoisotopic (exact) mass is 197 g/mol. The van der Waals surface area contributed by atoms with Crippen LogP contribution in [0, 0.1) is 0 Å². The Morgan fingerprint density at radius 3 is 2.64 bits per heavy atom. The lowest BCUT2D eigenvalue weighted by Gasteiger charge is -2.39. The van der Waals surface area contributed by atoms with Gasteiger partial charge in [-0.3, -0.25) is 0 Å². The predicted octanol–water partition coefficient (Wildman–Crippen LogP) is 2.48. The van der Waals surface area contributed by atoms with Crippen molar-refractivity contribution in [2.24, 2.45) is 0 Å². The normalized spacial score (nSPS) is 31.5. The first-order valence-electron chi connectivity index (χ1n) is 6.10. The highest BCUT2D eigenvalue weighted by atomic mass is 16.5. The van der Waals surface area contributed by atoms with Crippen LogP contribution in [0.4, 0.5) is 0 Å². The van der Waals surface area contributed by atoms with Crippen LogP contribution in [-0.4, -0.2) is 24.3 Å². The highest BCUT2D eigenvalue weighted by Crippen LogP contribution is 2.39. The van der Waals surface area contributed by atoms with Crippen LogP contribution in [0.3, 0.4) is 0 Å². The SMILES string of the molecule is CC(C)NC1CCOC2(CCCC2)C1. The summed E-state index contributed by atoms with van der Waals surface area (Å²) in [4.78, 5) is 0. The number of rotatable bonds is 2. The molecule has 14 heavy (non-hydrogen) atoms. The van der Waals surface area contributed by atoms with Crippen LogP contribution in [0.5, 0.6) is 0 Å². The molecule has 0 aromatic carbocycles. The van der Waals surface area contributed by atoms with Gasteiger partial charge in [0.15, 0.2) is 0 Å². The fourth-order valence-corrected chi connectivity index (χ4v) is 3.01. The molecule has 0 aromatic heterocycles. The zero-order valence-electron chi connectivity index (χ0n) is 9.51. The minimum absolute atomic E-state index is 0.269. The lowest BCUT2D eigenvalue weighted by Crippen LogP contribution is -2.47. The largest absolute Gasteiger partial charge is 0.375 e. The van der Waals surface area contributed by atoms with E-state index < -0.39 is 0 Å². The Kier molecular flexibility index (Phi) is 3.13. The standard InChI is InChI=1S/C12H23NO/c1-10(2)13-11-5-8-14-12(9-11)6-3-4-7-12/h10-11,13H,3-9H2,1-2H3. The van der Waals surface area contributed by atoms with Gasteiger partial charge in [0, 0.05) is 18.7 Å². The van der Waals surface area contributed by atoms with Crippen molar-refractivity contribution in [1.82, 2.24) is 5.32 Å². The fraction of sp³-hybridized carbons (Fsp3) is 1.00. The van der Waals surface area contributed by atoms with E-state index >= 15 is 0 Å². The van der Waals surface area contributed by atoms with Gasteiger partial charge in [0.2, 0.25) is 0 Å². The van der Waals surface area contributed by atoms with E-state index in [1.807, 2.05) is 0 Å². The molecule has 0 bridgehead atoms. The number of ether oxygens (including phenoxy) is 1. The molecule has 0 amide bonds. The number of nitrogens with one attached hydrogen (secondary N) is 1. The number of hydrogen-bond acceptors (Lipinski definition) is 2. The first-order valence-corrected chi connectivity index (χ1v) is 6.10. The summed E-state index contributed by atoms with van der Waals surface area (Å²) < 4.78 is 6.00. The average molecular weight is 197 g/mol. The fourth-order valence-electron chi connectivity index (χ4n) is 3.01. The molecular weight excluding hydrogens is 174 g/mol. The van der Waals surface area contributed by atoms with Gasteiger partial charge in [-0.05, 0) is 25.7 Å². The Morgan fingerprint density at radius 1 is 1.29 bits per heavy atom. The smallest absolute Gasteiger partial charge is 0.0697 e. The zero-order valence-corrected chi connectivity index (χ0v) is 9.51. The molecule has 0 aromatic rings. The minimum atomic E-state index is 0.269. The molecule has 1 aliphatic heterocycles. The molecular formula is C12H23NO. The Morgan fingerprint density at radius 2 is 2.00 bits per heavy atom. The molecule has 1 saturated heterocycles. The maximum Gasteiger partial charge on any atom is 0.0697 e. The second-order valence-corrected chi connectivity index (χ2v) is 5.25. The first-order chi connectivity index (χ1) is 6.70. The van der Waals surface area contributed by atoms with Crippen molar-refractivity contribution < 1.29 is 4.74 Å². The van der Waals surface area contributed by atoms with Crippen molar-refractivity contribution in [1.29, 1.82) is 0 Å². The first kappa shape index (κ1) is 10.4. The zero-order chi connectivity index (χ0) is 10.0. The van der Waals surface area contributed by atoms with Crippen LogP contribution in [0.15, 0.2) is 0 Å². The summed E-state index contributed by atoms with van der Waals surface area (Å²) in [6.07, 6.45) is 7.76. The van der Waals surface area contributed by atoms with E-state index in [0.29, 0.717) is 12.1 Å². The highest BCUT2D eigenvalue weighted by Gasteiger charge is 2.39. The Hall–Kier alpha value is -0.0800. The van der Waals surface area contributed by atoms with E-state index in [-0.39, 0.29) is 5.60 Å². The van der Waals surface area contributed by atoms with Crippen molar-refractivity contribution in [3.63, 3.8) is 0 Å². The third-order valence-corrected chi connectivity index (χ3v) is 3.58. The summed E-state index contributed by atoms with van der Waals surface area (Å²) in [5.74, 6) is 0. The van der Waals surface area contributed by atoms with Gasteiger partial charge >= 0.3 is 0 Å². The van der Waals surface area contributed by atoms with E-state index in [1.165, 1.54) is 38.5 Å². The molecule has 1 heterocycles. The number of hydrogen-bond donors (Lipinski definition) is 1.